The Hall–Kier alpha value is -3.87. The number of aryl methyl sites for hydroxylation is 1. The molecule has 0 fully saturated rings. The first-order chi connectivity index (χ1) is 20.2. The molecule has 0 unspecified atom stereocenters. The van der Waals surface area contributed by atoms with Gasteiger partial charge in [-0.1, -0.05) is 95.5 Å². The standard InChI is InChI=1S/C29H29N7O2S3/c1-38-24-17-9-8-16-23(24)30-19-25-32-34-28(36(25)22-14-6-3-7-15-22)40-20-26(37)31-27-33-35-29(41-27)39-18-10-13-21-11-4-2-5-12-21/h2-9,11-12,14-17,30H,10,13,18-20H2,1H3,(H,31,33,37). The highest BCUT2D eigenvalue weighted by Gasteiger charge is 2.17. The quantitative estimate of drug-likeness (QED) is 0.0872. The summed E-state index contributed by atoms with van der Waals surface area (Å²) >= 11 is 4.36. The second-order valence-corrected chi connectivity index (χ2v) is 12.0. The van der Waals surface area contributed by atoms with Crippen LogP contribution >= 0.6 is 34.9 Å². The van der Waals surface area contributed by atoms with E-state index in [0.717, 1.165) is 40.1 Å². The number of thioether (sulfide) groups is 2. The third-order valence-electron chi connectivity index (χ3n) is 5.92. The van der Waals surface area contributed by atoms with Gasteiger partial charge in [0, 0.05) is 11.4 Å². The number of hydrogen-bond donors (Lipinski definition) is 2. The molecule has 0 aliphatic rings. The van der Waals surface area contributed by atoms with Crippen molar-refractivity contribution in [3.8, 4) is 11.4 Å². The highest BCUT2D eigenvalue weighted by molar-refractivity contribution is 8.01. The van der Waals surface area contributed by atoms with Crippen molar-refractivity contribution in [3.63, 3.8) is 0 Å². The first-order valence-electron chi connectivity index (χ1n) is 13.0. The Bertz CT molecular complexity index is 1540. The third-order valence-corrected chi connectivity index (χ3v) is 8.91. The Morgan fingerprint density at radius 2 is 1.66 bits per heavy atom. The summed E-state index contributed by atoms with van der Waals surface area (Å²) in [5.74, 6) is 2.38. The van der Waals surface area contributed by atoms with Crippen molar-refractivity contribution in [2.75, 3.05) is 29.2 Å². The lowest BCUT2D eigenvalue weighted by atomic mass is 10.1. The fraction of sp³-hybridized carbons (Fsp3) is 0.207. The summed E-state index contributed by atoms with van der Waals surface area (Å²) in [7, 11) is 1.64. The summed E-state index contributed by atoms with van der Waals surface area (Å²) < 4.78 is 8.24. The van der Waals surface area contributed by atoms with Crippen LogP contribution in [0.4, 0.5) is 10.8 Å². The molecule has 3 aromatic carbocycles. The Balaban J connectivity index is 1.16. The Morgan fingerprint density at radius 3 is 2.46 bits per heavy atom. The van der Waals surface area contributed by atoms with Crippen molar-refractivity contribution in [1.29, 1.82) is 0 Å². The average molecular weight is 604 g/mol. The molecule has 5 aromatic rings. The molecule has 2 heterocycles. The van der Waals surface area contributed by atoms with Crippen LogP contribution in [-0.4, -0.2) is 49.5 Å². The normalized spacial score (nSPS) is 10.9. The number of methoxy groups -OCH3 is 1. The van der Waals surface area contributed by atoms with Crippen LogP contribution < -0.4 is 15.4 Å². The van der Waals surface area contributed by atoms with E-state index in [2.05, 4.69) is 55.3 Å². The zero-order valence-corrected chi connectivity index (χ0v) is 24.8. The van der Waals surface area contributed by atoms with E-state index in [4.69, 9.17) is 4.74 Å². The van der Waals surface area contributed by atoms with Crippen molar-refractivity contribution in [1.82, 2.24) is 25.0 Å². The monoisotopic (exact) mass is 603 g/mol. The molecule has 0 saturated heterocycles. The molecule has 0 atom stereocenters. The number of aromatic nitrogens is 5. The number of benzene rings is 3. The smallest absolute Gasteiger partial charge is 0.236 e. The highest BCUT2D eigenvalue weighted by atomic mass is 32.2. The van der Waals surface area contributed by atoms with Crippen molar-refractivity contribution in [3.05, 3.63) is 96.3 Å². The van der Waals surface area contributed by atoms with Crippen molar-refractivity contribution in [2.24, 2.45) is 0 Å². The largest absolute Gasteiger partial charge is 0.495 e. The van der Waals surface area contributed by atoms with Crippen LogP contribution in [0.2, 0.25) is 0 Å². The molecule has 9 nitrogen and oxygen atoms in total. The summed E-state index contributed by atoms with van der Waals surface area (Å²) in [5.41, 5.74) is 3.10. The van der Waals surface area contributed by atoms with E-state index in [0.29, 0.717) is 22.7 Å². The molecule has 5 rings (SSSR count). The van der Waals surface area contributed by atoms with E-state index in [9.17, 15) is 4.79 Å². The second kappa shape index (κ2) is 14.7. The van der Waals surface area contributed by atoms with Gasteiger partial charge >= 0.3 is 0 Å². The SMILES string of the molecule is COc1ccccc1NCc1nnc(SCC(=O)Nc2nnc(SCCCc3ccccc3)s2)n1-c1ccccc1. The number of anilines is 2. The lowest BCUT2D eigenvalue weighted by Gasteiger charge is -2.13. The molecule has 210 valence electrons. The molecule has 1 amide bonds. The van der Waals surface area contributed by atoms with E-state index in [1.165, 1.54) is 28.7 Å². The van der Waals surface area contributed by atoms with Gasteiger partial charge in [0.05, 0.1) is 25.1 Å². The van der Waals surface area contributed by atoms with Crippen LogP contribution in [0.1, 0.15) is 17.8 Å². The van der Waals surface area contributed by atoms with E-state index in [1.54, 1.807) is 18.9 Å². The van der Waals surface area contributed by atoms with Gasteiger partial charge in [0.2, 0.25) is 11.0 Å². The number of amides is 1. The molecular weight excluding hydrogens is 575 g/mol. The summed E-state index contributed by atoms with van der Waals surface area (Å²) in [6, 6.07) is 28.0. The maximum Gasteiger partial charge on any atom is 0.236 e. The highest BCUT2D eigenvalue weighted by Crippen LogP contribution is 2.28. The Morgan fingerprint density at radius 1 is 0.902 bits per heavy atom. The van der Waals surface area contributed by atoms with Gasteiger partial charge in [-0.3, -0.25) is 14.7 Å². The predicted molar refractivity (Wildman–Crippen MR) is 166 cm³/mol. The summed E-state index contributed by atoms with van der Waals surface area (Å²) in [6.45, 7) is 0.422. The van der Waals surface area contributed by atoms with Gasteiger partial charge in [0.25, 0.3) is 0 Å². The van der Waals surface area contributed by atoms with Gasteiger partial charge in [-0.05, 0) is 42.7 Å². The lowest BCUT2D eigenvalue weighted by molar-refractivity contribution is -0.113. The molecular formula is C29H29N7O2S3. The van der Waals surface area contributed by atoms with E-state index in [1.807, 2.05) is 65.2 Å². The molecule has 0 spiro atoms. The summed E-state index contributed by atoms with van der Waals surface area (Å²) in [4.78, 5) is 12.8. The lowest BCUT2D eigenvalue weighted by Crippen LogP contribution is -2.14. The topological polar surface area (TPSA) is 107 Å². The van der Waals surface area contributed by atoms with E-state index >= 15 is 0 Å². The number of hydrogen-bond acceptors (Lipinski definition) is 10. The maximum atomic E-state index is 12.8. The van der Waals surface area contributed by atoms with Crippen molar-refractivity contribution in [2.45, 2.75) is 28.9 Å². The van der Waals surface area contributed by atoms with Gasteiger partial charge in [-0.25, -0.2) is 0 Å². The molecule has 12 heteroatoms. The zero-order valence-electron chi connectivity index (χ0n) is 22.4. The van der Waals surface area contributed by atoms with Gasteiger partial charge in [-0.15, -0.1) is 20.4 Å². The van der Waals surface area contributed by atoms with Crippen LogP contribution in [0.3, 0.4) is 0 Å². The average Bonchev–Trinajstić information content (AvgIpc) is 3.64. The minimum atomic E-state index is -0.178. The molecule has 2 aromatic heterocycles. The van der Waals surface area contributed by atoms with Crippen molar-refractivity contribution >= 4 is 51.6 Å². The number of carbonyl (C=O) groups excluding carboxylic acids is 1. The third kappa shape index (κ3) is 8.09. The number of nitrogens with one attached hydrogen (secondary N) is 2. The summed E-state index contributed by atoms with van der Waals surface area (Å²) in [6.07, 6.45) is 2.07. The van der Waals surface area contributed by atoms with Gasteiger partial charge in [-0.2, -0.15) is 0 Å². The molecule has 41 heavy (non-hydrogen) atoms. The van der Waals surface area contributed by atoms with Crippen LogP contribution in [0.5, 0.6) is 5.75 Å². The Kier molecular flexibility index (Phi) is 10.3. The van der Waals surface area contributed by atoms with Crippen LogP contribution in [-0.2, 0) is 17.8 Å². The second-order valence-electron chi connectivity index (χ2n) is 8.77. The van der Waals surface area contributed by atoms with Gasteiger partial charge in [0.15, 0.2) is 15.3 Å². The maximum absolute atomic E-state index is 12.8. The van der Waals surface area contributed by atoms with Crippen LogP contribution in [0, 0.1) is 0 Å². The predicted octanol–water partition coefficient (Wildman–Crippen LogP) is 6.20. The minimum Gasteiger partial charge on any atom is -0.495 e. The van der Waals surface area contributed by atoms with Crippen LogP contribution in [0.15, 0.2) is 94.4 Å². The molecule has 0 bridgehead atoms. The fourth-order valence-electron chi connectivity index (χ4n) is 3.99. The zero-order chi connectivity index (χ0) is 28.3. The first-order valence-corrected chi connectivity index (χ1v) is 15.8. The number of ether oxygens (including phenoxy) is 1. The Labute approximate surface area is 251 Å². The summed E-state index contributed by atoms with van der Waals surface area (Å²) in [5, 5.41) is 24.5. The number of rotatable bonds is 14. The van der Waals surface area contributed by atoms with Crippen molar-refractivity contribution < 1.29 is 9.53 Å². The molecule has 0 aliphatic heterocycles. The number of nitrogens with zero attached hydrogens (tertiary/aromatic N) is 5. The van der Waals surface area contributed by atoms with E-state index in [-0.39, 0.29) is 11.7 Å². The number of carbonyl (C=O) groups is 1. The molecule has 2 N–H and O–H groups in total. The minimum absolute atomic E-state index is 0.157. The fourth-order valence-corrected chi connectivity index (χ4v) is 6.54. The molecule has 0 saturated carbocycles. The van der Waals surface area contributed by atoms with Crippen LogP contribution in [0.25, 0.3) is 5.69 Å². The van der Waals surface area contributed by atoms with Gasteiger partial charge < -0.3 is 10.1 Å². The molecule has 0 radical (unpaired) electrons. The first kappa shape index (κ1) is 28.7. The van der Waals surface area contributed by atoms with Gasteiger partial charge in [0.1, 0.15) is 5.75 Å². The molecule has 0 aliphatic carbocycles. The number of para-hydroxylation sites is 3. The van der Waals surface area contributed by atoms with E-state index < -0.39 is 0 Å².